The Morgan fingerprint density at radius 1 is 0.583 bits per heavy atom. The second-order valence-corrected chi connectivity index (χ2v) is 14.5. The predicted molar refractivity (Wildman–Crippen MR) is 96.4 cm³/mol. The summed E-state index contributed by atoms with van der Waals surface area (Å²) in [5, 5.41) is 0. The van der Waals surface area contributed by atoms with Gasteiger partial charge in [0.1, 0.15) is 0 Å². The molecule has 0 bridgehead atoms. The second kappa shape index (κ2) is 11.1. The van der Waals surface area contributed by atoms with Crippen molar-refractivity contribution in [3.63, 3.8) is 0 Å². The van der Waals surface area contributed by atoms with Gasteiger partial charge in [-0.2, -0.15) is 0 Å². The second-order valence-electron chi connectivity index (χ2n) is 7.78. The molecule has 0 fully saturated rings. The van der Waals surface area contributed by atoms with Crippen LogP contribution in [-0.4, -0.2) is 115 Å². The van der Waals surface area contributed by atoms with Gasteiger partial charge in [-0.15, -0.1) is 0 Å². The molecule has 0 aliphatic rings. The van der Waals surface area contributed by atoms with E-state index in [1.54, 1.807) is 0 Å². The standard InChI is InChI=1S/2C4H10NO.2C4H10N.O.Ti/c2*1-5(2)3-4-6;2*1-4-5(2)3;;/h2*3-4H2,1-2H3;2*1,4H2,2-3H3;;/q2*-1;;;;+2. The van der Waals surface area contributed by atoms with Crippen molar-refractivity contribution in [2.75, 3.05) is 95.8 Å². The van der Waals surface area contributed by atoms with Gasteiger partial charge in [0.25, 0.3) is 0 Å². The zero-order valence-corrected chi connectivity index (χ0v) is 18.7. The molecule has 0 heterocycles. The van der Waals surface area contributed by atoms with Crippen molar-refractivity contribution >= 4 is 0 Å². The van der Waals surface area contributed by atoms with Crippen molar-refractivity contribution in [1.82, 2.24) is 19.6 Å². The Morgan fingerprint density at radius 2 is 0.875 bits per heavy atom. The Hall–Kier alpha value is 0.274. The quantitative estimate of drug-likeness (QED) is 0.414. The van der Waals surface area contributed by atoms with E-state index in [-0.39, 0.29) is 0 Å². The Morgan fingerprint density at radius 3 is 1.12 bits per heavy atom. The normalized spacial score (nSPS) is 13.7. The van der Waals surface area contributed by atoms with Gasteiger partial charge in [-0.05, 0) is 0 Å². The number of nitrogens with zero attached hydrogens (tertiary/aromatic N) is 4. The van der Waals surface area contributed by atoms with Gasteiger partial charge in [-0.3, -0.25) is 0 Å². The van der Waals surface area contributed by atoms with Gasteiger partial charge in [-0.1, -0.05) is 0 Å². The van der Waals surface area contributed by atoms with Crippen LogP contribution in [-0.2, 0) is 26.0 Å². The molecule has 0 radical (unpaired) electrons. The minimum atomic E-state index is -4.74. The van der Waals surface area contributed by atoms with Crippen LogP contribution in [0, 0.1) is 0 Å². The number of rotatable bonds is 14. The van der Waals surface area contributed by atoms with Crippen molar-refractivity contribution in [3.8, 4) is 0 Å². The van der Waals surface area contributed by atoms with Crippen molar-refractivity contribution in [2.45, 2.75) is 9.45 Å². The van der Waals surface area contributed by atoms with E-state index in [0.717, 1.165) is 13.1 Å². The van der Waals surface area contributed by atoms with E-state index >= 15 is 0 Å². The Bertz CT molecular complexity index is 365. The van der Waals surface area contributed by atoms with E-state index < -0.39 is 16.1 Å². The third-order valence-electron chi connectivity index (χ3n) is 4.01. The molecule has 0 aromatic carbocycles. The van der Waals surface area contributed by atoms with Gasteiger partial charge in [0.2, 0.25) is 0 Å². The summed E-state index contributed by atoms with van der Waals surface area (Å²) in [4.78, 5) is 8.16. The van der Waals surface area contributed by atoms with E-state index in [1.807, 2.05) is 76.0 Å². The Labute approximate surface area is 151 Å². The van der Waals surface area contributed by atoms with E-state index in [0.29, 0.717) is 35.8 Å². The maximum absolute atomic E-state index is 14.1. The third kappa shape index (κ3) is 11.0. The molecule has 0 aromatic heterocycles. The molecular formula is C16H40N4O3Ti. The summed E-state index contributed by atoms with van der Waals surface area (Å²) in [5.41, 5.74) is 0. The van der Waals surface area contributed by atoms with Crippen LogP contribution in [0.4, 0.5) is 0 Å². The molecule has 0 aliphatic carbocycles. The molecule has 0 saturated heterocycles. The van der Waals surface area contributed by atoms with E-state index in [2.05, 4.69) is 0 Å². The first-order valence-corrected chi connectivity index (χ1v) is 12.9. The predicted octanol–water partition coefficient (Wildman–Crippen LogP) is 0.968. The summed E-state index contributed by atoms with van der Waals surface area (Å²) in [5.74, 6) is 0. The zero-order valence-electron chi connectivity index (χ0n) is 17.2. The molecule has 0 aromatic rings. The average molecular weight is 384 g/mol. The molecule has 146 valence electrons. The number of hydrogen-bond donors (Lipinski definition) is 0. The first kappa shape index (κ1) is 24.3. The van der Waals surface area contributed by atoms with Crippen LogP contribution in [0.5, 0.6) is 0 Å². The maximum atomic E-state index is 14.1. The van der Waals surface area contributed by atoms with Gasteiger partial charge in [0, 0.05) is 0 Å². The number of likely N-dealkylation sites (N-methyl/N-ethyl adjacent to an activating group) is 2. The average Bonchev–Trinajstić information content (AvgIpc) is 2.43. The Kier molecular flexibility index (Phi) is 11.2. The Balaban J connectivity index is 5.23. The summed E-state index contributed by atoms with van der Waals surface area (Å²) < 4.78 is 27.3. The van der Waals surface area contributed by atoms with Gasteiger partial charge in [0.15, 0.2) is 0 Å². The van der Waals surface area contributed by atoms with Gasteiger partial charge in [-0.25, -0.2) is 0 Å². The molecule has 7 nitrogen and oxygen atoms in total. The topological polar surface area (TPSA) is 48.5 Å². The summed E-state index contributed by atoms with van der Waals surface area (Å²) >= 11 is -4.74. The first-order valence-electron chi connectivity index (χ1n) is 8.74. The number of hydrogen-bond acceptors (Lipinski definition) is 7. The third-order valence-corrected chi connectivity index (χ3v) is 10.4. The van der Waals surface area contributed by atoms with E-state index in [4.69, 9.17) is 6.64 Å². The van der Waals surface area contributed by atoms with Gasteiger partial charge in [0.05, 0.1) is 0 Å². The van der Waals surface area contributed by atoms with Crippen LogP contribution in [0.25, 0.3) is 0 Å². The van der Waals surface area contributed by atoms with Crippen LogP contribution in [0.15, 0.2) is 0 Å². The molecule has 0 atom stereocenters. The van der Waals surface area contributed by atoms with Gasteiger partial charge < -0.3 is 0 Å². The minimum absolute atomic E-state index is 0.441. The van der Waals surface area contributed by atoms with Crippen molar-refractivity contribution in [1.29, 1.82) is 0 Å². The summed E-state index contributed by atoms with van der Waals surface area (Å²) in [6, 6.07) is 0. The molecule has 0 spiro atoms. The summed E-state index contributed by atoms with van der Waals surface area (Å²) in [6.45, 7) is 3.77. The summed E-state index contributed by atoms with van der Waals surface area (Å²) in [6.07, 6.45) is 0. The zero-order chi connectivity index (χ0) is 18.8. The first-order chi connectivity index (χ1) is 11.0. The molecule has 0 saturated carbocycles. The van der Waals surface area contributed by atoms with Crippen LogP contribution >= 0.6 is 0 Å². The van der Waals surface area contributed by atoms with Gasteiger partial charge >= 0.3 is 151 Å². The molecule has 0 unspecified atom stereocenters. The van der Waals surface area contributed by atoms with E-state index in [9.17, 15) is 3.32 Å². The van der Waals surface area contributed by atoms with Crippen LogP contribution < -0.4 is 0 Å². The summed E-state index contributed by atoms with van der Waals surface area (Å²) in [7, 11) is 15.9. The molecule has 0 N–H and O–H groups in total. The van der Waals surface area contributed by atoms with Crippen LogP contribution in [0.3, 0.4) is 0 Å². The fourth-order valence-electron chi connectivity index (χ4n) is 2.25. The van der Waals surface area contributed by atoms with Crippen LogP contribution in [0.1, 0.15) is 0 Å². The van der Waals surface area contributed by atoms with E-state index in [1.165, 1.54) is 0 Å². The monoisotopic (exact) mass is 384 g/mol. The van der Waals surface area contributed by atoms with Crippen LogP contribution in [0.2, 0.25) is 9.45 Å². The molecule has 0 rings (SSSR count). The van der Waals surface area contributed by atoms with Crippen molar-refractivity contribution in [3.05, 3.63) is 0 Å². The molecular weight excluding hydrogens is 344 g/mol. The molecule has 0 amide bonds. The molecule has 0 aliphatic heterocycles. The fraction of sp³-hybridized carbons (Fsp3) is 1.00. The fourth-order valence-corrected chi connectivity index (χ4v) is 8.12. The van der Waals surface area contributed by atoms with Crippen molar-refractivity contribution < 1.29 is 26.0 Å². The SMILES string of the molecule is CN(C)CC[O][Ti](=[O])([CH2]CN(C)C)([CH2]CN(C)C)[O]CCN(C)C. The molecule has 8 heteroatoms. The van der Waals surface area contributed by atoms with Crippen molar-refractivity contribution in [2.24, 2.45) is 0 Å². The molecule has 24 heavy (non-hydrogen) atoms.